The lowest BCUT2D eigenvalue weighted by Gasteiger charge is -1.94. The van der Waals surface area contributed by atoms with Gasteiger partial charge < -0.3 is 14.8 Å². The van der Waals surface area contributed by atoms with Crippen LogP contribution in [0.25, 0.3) is 22.2 Å². The molecule has 0 radical (unpaired) electrons. The first-order valence-corrected chi connectivity index (χ1v) is 4.83. The maximum atomic E-state index is 5.49. The van der Waals surface area contributed by atoms with Gasteiger partial charge in [-0.15, -0.1) is 0 Å². The van der Waals surface area contributed by atoms with Crippen LogP contribution in [-0.4, -0.2) is 10.3 Å². The van der Waals surface area contributed by atoms with E-state index in [-0.39, 0.29) is 5.88 Å². The molecule has 80 valence electrons. The highest BCUT2D eigenvalue weighted by atomic mass is 16.5. The van der Waals surface area contributed by atoms with Gasteiger partial charge in [-0.1, -0.05) is 16.4 Å². The zero-order chi connectivity index (χ0) is 11.1. The highest BCUT2D eigenvalue weighted by molar-refractivity contribution is 5.92. The number of aryl methyl sites for hydroxylation is 1. The van der Waals surface area contributed by atoms with Crippen molar-refractivity contribution < 1.29 is 9.05 Å². The number of rotatable bonds is 1. The lowest BCUT2D eigenvalue weighted by atomic mass is 10.1. The van der Waals surface area contributed by atoms with E-state index in [1.54, 1.807) is 6.07 Å². The minimum absolute atomic E-state index is 0.281. The SMILES string of the molecule is Cc1noc2c(-c3cc(N)on3)cccc12. The Morgan fingerprint density at radius 1 is 1.19 bits per heavy atom. The van der Waals surface area contributed by atoms with E-state index in [1.807, 2.05) is 25.1 Å². The summed E-state index contributed by atoms with van der Waals surface area (Å²) in [6.07, 6.45) is 0. The number of nitrogen functional groups attached to an aromatic ring is 1. The fourth-order valence-corrected chi connectivity index (χ4v) is 1.70. The average Bonchev–Trinajstić information content (AvgIpc) is 2.86. The van der Waals surface area contributed by atoms with Gasteiger partial charge in [-0.25, -0.2) is 0 Å². The molecule has 5 heteroatoms. The Balaban J connectivity index is 2.31. The maximum absolute atomic E-state index is 5.49. The molecule has 5 nitrogen and oxygen atoms in total. The Morgan fingerprint density at radius 2 is 2.06 bits per heavy atom. The first-order valence-electron chi connectivity index (χ1n) is 4.83. The van der Waals surface area contributed by atoms with Crippen molar-refractivity contribution in [3.8, 4) is 11.3 Å². The number of hydrogen-bond acceptors (Lipinski definition) is 5. The van der Waals surface area contributed by atoms with E-state index in [1.165, 1.54) is 0 Å². The van der Waals surface area contributed by atoms with Crippen LogP contribution in [0.4, 0.5) is 5.88 Å². The summed E-state index contributed by atoms with van der Waals surface area (Å²) in [4.78, 5) is 0. The molecule has 0 bridgehead atoms. The Bertz CT molecular complexity index is 654. The third-order valence-electron chi connectivity index (χ3n) is 2.48. The highest BCUT2D eigenvalue weighted by Crippen LogP contribution is 2.30. The molecule has 0 saturated carbocycles. The van der Waals surface area contributed by atoms with E-state index < -0.39 is 0 Å². The van der Waals surface area contributed by atoms with Crippen molar-refractivity contribution in [2.24, 2.45) is 0 Å². The molecule has 0 fully saturated rings. The quantitative estimate of drug-likeness (QED) is 0.674. The van der Waals surface area contributed by atoms with Gasteiger partial charge in [-0.05, 0) is 19.1 Å². The van der Waals surface area contributed by atoms with E-state index in [0.717, 1.165) is 16.6 Å². The summed E-state index contributed by atoms with van der Waals surface area (Å²) in [6, 6.07) is 7.43. The van der Waals surface area contributed by atoms with Gasteiger partial charge >= 0.3 is 0 Å². The second-order valence-corrected chi connectivity index (χ2v) is 3.56. The third-order valence-corrected chi connectivity index (χ3v) is 2.48. The Hall–Kier alpha value is -2.30. The summed E-state index contributed by atoms with van der Waals surface area (Å²) in [5.41, 5.74) is 8.53. The summed E-state index contributed by atoms with van der Waals surface area (Å²) in [5, 5.41) is 8.75. The molecule has 3 aromatic rings. The number of hydrogen-bond donors (Lipinski definition) is 1. The molecule has 0 aliphatic heterocycles. The molecule has 0 saturated heterocycles. The zero-order valence-corrected chi connectivity index (χ0v) is 8.60. The van der Waals surface area contributed by atoms with Crippen LogP contribution in [0.2, 0.25) is 0 Å². The summed E-state index contributed by atoms with van der Waals surface area (Å²) >= 11 is 0. The fraction of sp³-hybridized carbons (Fsp3) is 0.0909. The van der Waals surface area contributed by atoms with E-state index in [2.05, 4.69) is 10.3 Å². The smallest absolute Gasteiger partial charge is 0.222 e. The molecule has 3 rings (SSSR count). The van der Waals surface area contributed by atoms with Gasteiger partial charge in [0.05, 0.1) is 5.69 Å². The molecule has 0 aliphatic rings. The number of nitrogens with zero attached hydrogens (tertiary/aromatic N) is 2. The van der Waals surface area contributed by atoms with Crippen LogP contribution in [0.1, 0.15) is 5.69 Å². The number of para-hydroxylation sites is 1. The highest BCUT2D eigenvalue weighted by Gasteiger charge is 2.13. The minimum Gasteiger partial charge on any atom is -0.368 e. The van der Waals surface area contributed by atoms with Gasteiger partial charge in [0.25, 0.3) is 0 Å². The second kappa shape index (κ2) is 3.10. The number of fused-ring (bicyclic) bond motifs is 1. The van der Waals surface area contributed by atoms with Gasteiger partial charge in [-0.2, -0.15) is 0 Å². The van der Waals surface area contributed by atoms with Crippen molar-refractivity contribution >= 4 is 16.9 Å². The number of benzene rings is 1. The van der Waals surface area contributed by atoms with Crippen LogP contribution >= 0.6 is 0 Å². The molecule has 0 amide bonds. The van der Waals surface area contributed by atoms with Crippen molar-refractivity contribution in [3.05, 3.63) is 30.0 Å². The lowest BCUT2D eigenvalue weighted by Crippen LogP contribution is -1.79. The third kappa shape index (κ3) is 1.18. The van der Waals surface area contributed by atoms with Crippen LogP contribution in [0.3, 0.4) is 0 Å². The van der Waals surface area contributed by atoms with E-state index in [9.17, 15) is 0 Å². The van der Waals surface area contributed by atoms with Crippen molar-refractivity contribution in [1.82, 2.24) is 10.3 Å². The zero-order valence-electron chi connectivity index (χ0n) is 8.60. The van der Waals surface area contributed by atoms with Gasteiger partial charge in [0.1, 0.15) is 5.69 Å². The molecule has 0 atom stereocenters. The summed E-state index contributed by atoms with van der Waals surface area (Å²) < 4.78 is 10.1. The first-order chi connectivity index (χ1) is 7.75. The molecule has 0 unspecified atom stereocenters. The second-order valence-electron chi connectivity index (χ2n) is 3.56. The first kappa shape index (κ1) is 8.96. The standard InChI is InChI=1S/C11H9N3O2/c1-6-7-3-2-4-8(11(7)16-13-6)9-5-10(12)15-14-9/h2-5H,12H2,1H3. The van der Waals surface area contributed by atoms with Crippen LogP contribution in [0.15, 0.2) is 33.3 Å². The predicted molar refractivity (Wildman–Crippen MR) is 58.7 cm³/mol. The van der Waals surface area contributed by atoms with Crippen LogP contribution in [0.5, 0.6) is 0 Å². The van der Waals surface area contributed by atoms with Gasteiger partial charge in [0, 0.05) is 17.0 Å². The number of aromatic nitrogens is 2. The topological polar surface area (TPSA) is 78.1 Å². The van der Waals surface area contributed by atoms with Crippen molar-refractivity contribution in [3.63, 3.8) is 0 Å². The van der Waals surface area contributed by atoms with E-state index in [4.69, 9.17) is 14.8 Å². The fourth-order valence-electron chi connectivity index (χ4n) is 1.70. The Morgan fingerprint density at radius 3 is 2.81 bits per heavy atom. The Kier molecular flexibility index (Phi) is 1.73. The van der Waals surface area contributed by atoms with Crippen LogP contribution in [0, 0.1) is 6.92 Å². The molecule has 0 spiro atoms. The van der Waals surface area contributed by atoms with Gasteiger partial charge in [0.2, 0.25) is 5.88 Å². The monoisotopic (exact) mass is 215 g/mol. The maximum Gasteiger partial charge on any atom is 0.222 e. The normalized spacial score (nSPS) is 11.1. The molecule has 2 aromatic heterocycles. The molecule has 0 aliphatic carbocycles. The lowest BCUT2D eigenvalue weighted by molar-refractivity contribution is 0.437. The summed E-state index contributed by atoms with van der Waals surface area (Å²) in [6.45, 7) is 1.90. The molecule has 1 aromatic carbocycles. The minimum atomic E-state index is 0.281. The van der Waals surface area contributed by atoms with Gasteiger partial charge in [0.15, 0.2) is 5.58 Å². The number of nitrogens with two attached hydrogens (primary N) is 1. The van der Waals surface area contributed by atoms with Gasteiger partial charge in [-0.3, -0.25) is 0 Å². The van der Waals surface area contributed by atoms with Crippen LogP contribution < -0.4 is 5.73 Å². The number of anilines is 1. The molecular weight excluding hydrogens is 206 g/mol. The molecular formula is C11H9N3O2. The Labute approximate surface area is 90.8 Å². The van der Waals surface area contributed by atoms with Crippen molar-refractivity contribution in [1.29, 1.82) is 0 Å². The van der Waals surface area contributed by atoms with E-state index >= 15 is 0 Å². The van der Waals surface area contributed by atoms with Crippen LogP contribution in [-0.2, 0) is 0 Å². The van der Waals surface area contributed by atoms with E-state index in [0.29, 0.717) is 11.3 Å². The van der Waals surface area contributed by atoms with Crippen molar-refractivity contribution in [2.45, 2.75) is 6.92 Å². The molecule has 2 heterocycles. The summed E-state index contributed by atoms with van der Waals surface area (Å²) in [5.74, 6) is 0.281. The molecule has 2 N–H and O–H groups in total. The molecule has 16 heavy (non-hydrogen) atoms. The summed E-state index contributed by atoms with van der Waals surface area (Å²) in [7, 11) is 0. The predicted octanol–water partition coefficient (Wildman–Crippen LogP) is 2.37. The average molecular weight is 215 g/mol. The van der Waals surface area contributed by atoms with Crippen molar-refractivity contribution in [2.75, 3.05) is 5.73 Å². The largest absolute Gasteiger partial charge is 0.368 e.